The number of hydrogen-bond donors (Lipinski definition) is 1. The van der Waals surface area contributed by atoms with Crippen molar-refractivity contribution in [1.82, 2.24) is 10.2 Å². The number of carbonyl (C=O) groups excluding carboxylic acids is 1. The minimum Gasteiger partial charge on any atom is -0.376 e. The first-order valence-electron chi connectivity index (χ1n) is 7.96. The number of thiophene rings is 1. The van der Waals surface area contributed by atoms with Crippen LogP contribution in [-0.2, 0) is 16.1 Å². The Hall–Kier alpha value is -0.910. The molecule has 0 radical (unpaired) electrons. The lowest BCUT2D eigenvalue weighted by Crippen LogP contribution is -2.39. The Morgan fingerprint density at radius 3 is 3.05 bits per heavy atom. The Morgan fingerprint density at radius 2 is 2.38 bits per heavy atom. The molecule has 2 unspecified atom stereocenters. The van der Waals surface area contributed by atoms with Gasteiger partial charge >= 0.3 is 0 Å². The second kappa shape index (κ2) is 7.38. The molecular weight excluding hydrogens is 284 g/mol. The van der Waals surface area contributed by atoms with Gasteiger partial charge in [0.25, 0.3) is 0 Å². The van der Waals surface area contributed by atoms with Crippen LogP contribution in [-0.4, -0.2) is 42.6 Å². The van der Waals surface area contributed by atoms with Crippen LogP contribution in [0.4, 0.5) is 0 Å². The van der Waals surface area contributed by atoms with E-state index in [9.17, 15) is 4.79 Å². The highest BCUT2D eigenvalue weighted by Gasteiger charge is 2.25. The predicted molar refractivity (Wildman–Crippen MR) is 84.4 cm³/mol. The van der Waals surface area contributed by atoms with Gasteiger partial charge in [0.2, 0.25) is 5.91 Å². The van der Waals surface area contributed by atoms with Gasteiger partial charge in [-0.05, 0) is 43.7 Å². The van der Waals surface area contributed by atoms with Crippen molar-refractivity contribution < 1.29 is 9.53 Å². The molecule has 0 aliphatic carbocycles. The van der Waals surface area contributed by atoms with Crippen LogP contribution >= 0.6 is 11.3 Å². The zero-order valence-electron chi connectivity index (χ0n) is 12.4. The molecule has 21 heavy (non-hydrogen) atoms. The molecule has 1 aromatic heterocycles. The Bertz CT molecular complexity index is 437. The van der Waals surface area contributed by atoms with Gasteiger partial charge in [-0.2, -0.15) is 0 Å². The summed E-state index contributed by atoms with van der Waals surface area (Å²) in [5.41, 5.74) is 0. The Balaban J connectivity index is 1.60. The average Bonchev–Trinajstić information content (AvgIpc) is 3.21. The lowest BCUT2D eigenvalue weighted by Gasteiger charge is -2.26. The summed E-state index contributed by atoms with van der Waals surface area (Å²) in [5, 5.41) is 5.49. The van der Waals surface area contributed by atoms with Crippen LogP contribution in [0.1, 0.15) is 37.0 Å². The van der Waals surface area contributed by atoms with Gasteiger partial charge in [-0.3, -0.25) is 4.79 Å². The molecule has 1 N–H and O–H groups in total. The number of carbonyl (C=O) groups is 1. The molecule has 0 aromatic carbocycles. The fraction of sp³-hybridized carbons (Fsp3) is 0.688. The molecule has 3 rings (SSSR count). The molecule has 2 saturated heterocycles. The maximum Gasteiger partial charge on any atom is 0.224 e. The van der Waals surface area contributed by atoms with Crippen molar-refractivity contribution in [2.75, 3.05) is 19.7 Å². The molecule has 2 aliphatic rings. The quantitative estimate of drug-likeness (QED) is 0.877. The normalized spacial score (nSPS) is 25.3. The lowest BCUT2D eigenvalue weighted by atomic mass is 10.1. The molecule has 2 aliphatic heterocycles. The van der Waals surface area contributed by atoms with Crippen molar-refractivity contribution in [2.24, 2.45) is 0 Å². The molecule has 1 aromatic rings. The third kappa shape index (κ3) is 4.28. The van der Waals surface area contributed by atoms with Crippen molar-refractivity contribution in [3.63, 3.8) is 0 Å². The van der Waals surface area contributed by atoms with E-state index in [1.807, 2.05) is 11.0 Å². The molecule has 1 amide bonds. The summed E-state index contributed by atoms with van der Waals surface area (Å²) in [6.45, 7) is 3.36. The zero-order valence-corrected chi connectivity index (χ0v) is 13.2. The highest BCUT2D eigenvalue weighted by molar-refractivity contribution is 7.09. The van der Waals surface area contributed by atoms with Crippen molar-refractivity contribution in [2.45, 2.75) is 50.8 Å². The highest BCUT2D eigenvalue weighted by atomic mass is 32.1. The maximum absolute atomic E-state index is 12.6. The summed E-state index contributed by atoms with van der Waals surface area (Å²) >= 11 is 1.72. The molecule has 5 heteroatoms. The predicted octanol–water partition coefficient (Wildman–Crippen LogP) is 2.40. The van der Waals surface area contributed by atoms with Crippen LogP contribution in [0.25, 0.3) is 0 Å². The molecule has 2 fully saturated rings. The molecule has 116 valence electrons. The molecule has 0 saturated carbocycles. The van der Waals surface area contributed by atoms with E-state index >= 15 is 0 Å². The van der Waals surface area contributed by atoms with Crippen LogP contribution in [0.5, 0.6) is 0 Å². The average molecular weight is 308 g/mol. The minimum atomic E-state index is 0.227. The smallest absolute Gasteiger partial charge is 0.224 e. The van der Waals surface area contributed by atoms with Crippen LogP contribution in [0.3, 0.4) is 0 Å². The van der Waals surface area contributed by atoms with E-state index in [1.165, 1.54) is 11.3 Å². The monoisotopic (exact) mass is 308 g/mol. The van der Waals surface area contributed by atoms with Crippen LogP contribution in [0, 0.1) is 0 Å². The van der Waals surface area contributed by atoms with Crippen LogP contribution in [0.2, 0.25) is 0 Å². The second-order valence-corrected chi connectivity index (χ2v) is 7.02. The van der Waals surface area contributed by atoms with Gasteiger partial charge in [0.1, 0.15) is 0 Å². The summed E-state index contributed by atoms with van der Waals surface area (Å²) < 4.78 is 5.72. The highest BCUT2D eigenvalue weighted by Crippen LogP contribution is 2.19. The third-order valence-corrected chi connectivity index (χ3v) is 5.17. The summed E-state index contributed by atoms with van der Waals surface area (Å²) in [5.74, 6) is 0.262. The fourth-order valence-corrected chi connectivity index (χ4v) is 3.87. The van der Waals surface area contributed by atoms with Gasteiger partial charge in [0, 0.05) is 30.5 Å². The number of ether oxygens (including phenoxy) is 1. The van der Waals surface area contributed by atoms with Crippen LogP contribution < -0.4 is 5.32 Å². The molecule has 0 spiro atoms. The maximum atomic E-state index is 12.6. The molecule has 2 atom stereocenters. The summed E-state index contributed by atoms with van der Waals surface area (Å²) in [4.78, 5) is 15.9. The number of rotatable bonds is 6. The number of nitrogens with one attached hydrogen (secondary N) is 1. The fourth-order valence-electron chi connectivity index (χ4n) is 3.15. The van der Waals surface area contributed by atoms with Gasteiger partial charge in [0.15, 0.2) is 0 Å². The largest absolute Gasteiger partial charge is 0.376 e. The van der Waals surface area contributed by atoms with Gasteiger partial charge in [-0.25, -0.2) is 0 Å². The van der Waals surface area contributed by atoms with Crippen molar-refractivity contribution in [1.29, 1.82) is 0 Å². The first-order chi connectivity index (χ1) is 10.3. The first-order valence-corrected chi connectivity index (χ1v) is 8.84. The molecule has 3 heterocycles. The van der Waals surface area contributed by atoms with E-state index in [4.69, 9.17) is 4.74 Å². The van der Waals surface area contributed by atoms with Gasteiger partial charge in [-0.15, -0.1) is 11.3 Å². The second-order valence-electron chi connectivity index (χ2n) is 5.99. The van der Waals surface area contributed by atoms with Gasteiger partial charge in [-0.1, -0.05) is 6.07 Å². The topological polar surface area (TPSA) is 41.6 Å². The van der Waals surface area contributed by atoms with E-state index in [2.05, 4.69) is 16.8 Å². The number of amides is 1. The van der Waals surface area contributed by atoms with E-state index < -0.39 is 0 Å². The molecular formula is C16H24N2O2S. The van der Waals surface area contributed by atoms with E-state index in [-0.39, 0.29) is 12.0 Å². The van der Waals surface area contributed by atoms with Gasteiger partial charge < -0.3 is 15.0 Å². The van der Waals surface area contributed by atoms with E-state index in [0.29, 0.717) is 12.5 Å². The van der Waals surface area contributed by atoms with Gasteiger partial charge in [0.05, 0.1) is 12.6 Å². The Labute approximate surface area is 130 Å². The number of nitrogens with zero attached hydrogens (tertiary/aromatic N) is 1. The molecule has 0 bridgehead atoms. The standard InChI is InChI=1S/C16H24N2O2S/c19-16(10-13-4-1-7-17-13)18(11-14-5-2-8-20-14)12-15-6-3-9-21-15/h3,6,9,13-14,17H,1-2,4-5,7-8,10-12H2. The minimum absolute atomic E-state index is 0.227. The first kappa shape index (κ1) is 15.0. The zero-order chi connectivity index (χ0) is 14.5. The van der Waals surface area contributed by atoms with E-state index in [1.54, 1.807) is 11.3 Å². The Kier molecular flexibility index (Phi) is 5.27. The SMILES string of the molecule is O=C(CC1CCCN1)N(Cc1cccs1)CC1CCCO1. The summed E-state index contributed by atoms with van der Waals surface area (Å²) in [7, 11) is 0. The summed E-state index contributed by atoms with van der Waals surface area (Å²) in [6, 6.07) is 4.52. The molecule has 4 nitrogen and oxygen atoms in total. The third-order valence-electron chi connectivity index (χ3n) is 4.31. The van der Waals surface area contributed by atoms with Crippen LogP contribution in [0.15, 0.2) is 17.5 Å². The Morgan fingerprint density at radius 1 is 1.43 bits per heavy atom. The van der Waals surface area contributed by atoms with Crippen molar-refractivity contribution in [3.8, 4) is 0 Å². The number of hydrogen-bond acceptors (Lipinski definition) is 4. The summed E-state index contributed by atoms with van der Waals surface area (Å²) in [6.07, 6.45) is 5.36. The lowest BCUT2D eigenvalue weighted by molar-refractivity contribution is -0.133. The van der Waals surface area contributed by atoms with E-state index in [0.717, 1.165) is 45.5 Å². The van der Waals surface area contributed by atoms with Crippen molar-refractivity contribution >= 4 is 17.2 Å². The van der Waals surface area contributed by atoms with Crippen molar-refractivity contribution in [3.05, 3.63) is 22.4 Å².